The van der Waals surface area contributed by atoms with Crippen LogP contribution < -0.4 is 5.32 Å². The van der Waals surface area contributed by atoms with Gasteiger partial charge in [0.15, 0.2) is 0 Å². The monoisotopic (exact) mass is 364 g/mol. The van der Waals surface area contributed by atoms with Gasteiger partial charge in [0, 0.05) is 18.7 Å². The second-order valence-corrected chi connectivity index (χ2v) is 6.77. The van der Waals surface area contributed by atoms with Gasteiger partial charge in [-0.15, -0.1) is 11.3 Å². The molecule has 2 aromatic rings. The highest BCUT2D eigenvalue weighted by atomic mass is 35.5. The molecule has 0 bridgehead atoms. The fourth-order valence-electron chi connectivity index (χ4n) is 2.38. The van der Waals surface area contributed by atoms with Gasteiger partial charge in [0.2, 0.25) is 0 Å². The van der Waals surface area contributed by atoms with Gasteiger partial charge in [-0.2, -0.15) is 0 Å². The first-order valence-corrected chi connectivity index (χ1v) is 9.26. The molecule has 24 heavy (non-hydrogen) atoms. The Balaban J connectivity index is 2.21. The molecule has 1 N–H and O–H groups in total. The zero-order valence-corrected chi connectivity index (χ0v) is 15.4. The minimum absolute atomic E-state index is 0.0398. The van der Waals surface area contributed by atoms with E-state index < -0.39 is 0 Å². The molecule has 6 heteroatoms. The Morgan fingerprint density at radius 2 is 1.88 bits per heavy atom. The molecule has 0 unspecified atom stereocenters. The number of nitrogens with one attached hydrogen (secondary N) is 1. The third kappa shape index (κ3) is 4.58. The zero-order valence-electron chi connectivity index (χ0n) is 13.8. The van der Waals surface area contributed by atoms with Crippen molar-refractivity contribution in [1.82, 2.24) is 4.90 Å². The summed E-state index contributed by atoms with van der Waals surface area (Å²) in [6.45, 7) is 5.52. The molecule has 128 valence electrons. The highest BCUT2D eigenvalue weighted by molar-refractivity contribution is 7.12. The first kappa shape index (κ1) is 18.5. The molecule has 4 nitrogen and oxygen atoms in total. The van der Waals surface area contributed by atoms with Crippen molar-refractivity contribution in [3.63, 3.8) is 0 Å². The number of anilines is 1. The fraction of sp³-hybridized carbons (Fsp3) is 0.333. The second kappa shape index (κ2) is 8.85. The van der Waals surface area contributed by atoms with Crippen LogP contribution in [0.2, 0.25) is 5.02 Å². The Labute approximate surface area is 151 Å². The van der Waals surface area contributed by atoms with Gasteiger partial charge in [0.1, 0.15) is 0 Å². The Hall–Kier alpha value is -1.85. The van der Waals surface area contributed by atoms with E-state index in [0.717, 1.165) is 12.8 Å². The highest BCUT2D eigenvalue weighted by Crippen LogP contribution is 2.25. The van der Waals surface area contributed by atoms with E-state index in [1.165, 1.54) is 11.3 Å². The Kier molecular flexibility index (Phi) is 6.82. The average molecular weight is 365 g/mol. The standard InChI is InChI=1S/C18H21ClN2O2S/c1-3-9-21(10-4-2)18(23)13-7-8-14(19)15(12-13)20-17(22)16-6-5-11-24-16/h5-8,11-12H,3-4,9-10H2,1-2H3,(H,20,22). The molecule has 0 radical (unpaired) electrons. The van der Waals surface area contributed by atoms with Crippen molar-refractivity contribution in [3.05, 3.63) is 51.2 Å². The third-order valence-electron chi connectivity index (χ3n) is 3.48. The molecule has 0 saturated carbocycles. The topological polar surface area (TPSA) is 49.4 Å². The lowest BCUT2D eigenvalue weighted by atomic mass is 10.1. The van der Waals surface area contributed by atoms with Crippen LogP contribution in [-0.2, 0) is 0 Å². The first-order chi connectivity index (χ1) is 11.6. The minimum Gasteiger partial charge on any atom is -0.339 e. The molecule has 2 rings (SSSR count). The van der Waals surface area contributed by atoms with Crippen LogP contribution in [0, 0.1) is 0 Å². The predicted octanol–water partition coefficient (Wildman–Crippen LogP) is 4.92. The van der Waals surface area contributed by atoms with Crippen molar-refractivity contribution in [2.24, 2.45) is 0 Å². The van der Waals surface area contributed by atoms with E-state index in [0.29, 0.717) is 34.2 Å². The van der Waals surface area contributed by atoms with E-state index in [1.807, 2.05) is 30.2 Å². The lowest BCUT2D eigenvalue weighted by molar-refractivity contribution is 0.0755. The van der Waals surface area contributed by atoms with E-state index in [2.05, 4.69) is 5.32 Å². The lowest BCUT2D eigenvalue weighted by Gasteiger charge is -2.22. The van der Waals surface area contributed by atoms with Gasteiger partial charge in [0.05, 0.1) is 15.6 Å². The summed E-state index contributed by atoms with van der Waals surface area (Å²) in [6, 6.07) is 8.55. The van der Waals surface area contributed by atoms with Crippen molar-refractivity contribution in [1.29, 1.82) is 0 Å². The zero-order chi connectivity index (χ0) is 17.5. The number of benzene rings is 1. The molecular weight excluding hydrogens is 344 g/mol. The molecule has 0 spiro atoms. The largest absolute Gasteiger partial charge is 0.339 e. The third-order valence-corrected chi connectivity index (χ3v) is 4.68. The summed E-state index contributed by atoms with van der Waals surface area (Å²) >= 11 is 7.53. The molecule has 1 aromatic carbocycles. The van der Waals surface area contributed by atoms with Crippen LogP contribution in [0.25, 0.3) is 0 Å². The van der Waals surface area contributed by atoms with Crippen molar-refractivity contribution >= 4 is 40.4 Å². The molecule has 0 aliphatic carbocycles. The number of rotatable bonds is 7. The molecular formula is C18H21ClN2O2S. The maximum atomic E-state index is 12.7. The maximum absolute atomic E-state index is 12.7. The van der Waals surface area contributed by atoms with E-state index in [-0.39, 0.29) is 11.8 Å². The van der Waals surface area contributed by atoms with Gasteiger partial charge in [-0.25, -0.2) is 0 Å². The van der Waals surface area contributed by atoms with E-state index in [9.17, 15) is 9.59 Å². The number of carbonyl (C=O) groups excluding carboxylic acids is 2. The summed E-state index contributed by atoms with van der Waals surface area (Å²) in [5, 5.41) is 5.03. The van der Waals surface area contributed by atoms with Gasteiger partial charge in [-0.05, 0) is 42.5 Å². The molecule has 0 aliphatic rings. The van der Waals surface area contributed by atoms with Crippen LogP contribution in [0.5, 0.6) is 0 Å². The van der Waals surface area contributed by atoms with Crippen molar-refractivity contribution in [2.75, 3.05) is 18.4 Å². The average Bonchev–Trinajstić information content (AvgIpc) is 3.10. The molecule has 0 fully saturated rings. The number of nitrogens with zero attached hydrogens (tertiary/aromatic N) is 1. The van der Waals surface area contributed by atoms with Crippen LogP contribution in [0.15, 0.2) is 35.7 Å². The quantitative estimate of drug-likeness (QED) is 0.758. The maximum Gasteiger partial charge on any atom is 0.265 e. The van der Waals surface area contributed by atoms with Gasteiger partial charge in [-0.3, -0.25) is 9.59 Å². The number of hydrogen-bond donors (Lipinski definition) is 1. The SMILES string of the molecule is CCCN(CCC)C(=O)c1ccc(Cl)c(NC(=O)c2cccs2)c1. The van der Waals surface area contributed by atoms with Crippen LogP contribution in [0.3, 0.4) is 0 Å². The Morgan fingerprint density at radius 3 is 2.46 bits per heavy atom. The van der Waals surface area contributed by atoms with E-state index in [1.54, 1.807) is 24.3 Å². The van der Waals surface area contributed by atoms with E-state index >= 15 is 0 Å². The smallest absolute Gasteiger partial charge is 0.265 e. The van der Waals surface area contributed by atoms with Crippen molar-refractivity contribution < 1.29 is 9.59 Å². The molecule has 0 aliphatic heterocycles. The molecule has 0 atom stereocenters. The lowest BCUT2D eigenvalue weighted by Crippen LogP contribution is -2.32. The highest BCUT2D eigenvalue weighted by Gasteiger charge is 2.17. The summed E-state index contributed by atoms with van der Waals surface area (Å²) in [4.78, 5) is 27.3. The van der Waals surface area contributed by atoms with Gasteiger partial charge >= 0.3 is 0 Å². The van der Waals surface area contributed by atoms with Crippen LogP contribution in [-0.4, -0.2) is 29.8 Å². The number of hydrogen-bond acceptors (Lipinski definition) is 3. The molecule has 1 aromatic heterocycles. The van der Waals surface area contributed by atoms with E-state index in [4.69, 9.17) is 11.6 Å². The van der Waals surface area contributed by atoms with Gasteiger partial charge in [0.25, 0.3) is 11.8 Å². The van der Waals surface area contributed by atoms with Crippen LogP contribution in [0.1, 0.15) is 46.7 Å². The van der Waals surface area contributed by atoms with Crippen LogP contribution in [0.4, 0.5) is 5.69 Å². The summed E-state index contributed by atoms with van der Waals surface area (Å²) in [6.07, 6.45) is 1.81. The molecule has 2 amide bonds. The summed E-state index contributed by atoms with van der Waals surface area (Å²) in [5.41, 5.74) is 0.983. The summed E-state index contributed by atoms with van der Waals surface area (Å²) < 4.78 is 0. The van der Waals surface area contributed by atoms with Crippen molar-refractivity contribution in [3.8, 4) is 0 Å². The number of thiophene rings is 1. The summed E-state index contributed by atoms with van der Waals surface area (Å²) in [7, 11) is 0. The van der Waals surface area contributed by atoms with Gasteiger partial charge in [-0.1, -0.05) is 31.5 Å². The molecule has 1 heterocycles. The van der Waals surface area contributed by atoms with Gasteiger partial charge < -0.3 is 10.2 Å². The fourth-order valence-corrected chi connectivity index (χ4v) is 3.17. The second-order valence-electron chi connectivity index (χ2n) is 5.42. The minimum atomic E-state index is -0.226. The summed E-state index contributed by atoms with van der Waals surface area (Å²) in [5.74, 6) is -0.266. The Bertz CT molecular complexity index is 695. The number of halogens is 1. The normalized spacial score (nSPS) is 10.5. The first-order valence-electron chi connectivity index (χ1n) is 8.00. The molecule has 0 saturated heterocycles. The Morgan fingerprint density at radius 1 is 1.17 bits per heavy atom. The van der Waals surface area contributed by atoms with Crippen molar-refractivity contribution in [2.45, 2.75) is 26.7 Å². The number of carbonyl (C=O) groups is 2. The number of amides is 2. The van der Waals surface area contributed by atoms with Crippen LogP contribution >= 0.6 is 22.9 Å². The predicted molar refractivity (Wildman–Crippen MR) is 100 cm³/mol.